The number of benzene rings is 2. The number of aliphatic hydroxyl groups is 1. The van der Waals surface area contributed by atoms with Gasteiger partial charge in [0.2, 0.25) is 0 Å². The summed E-state index contributed by atoms with van der Waals surface area (Å²) in [6.45, 7) is 12.8. The minimum atomic E-state index is -2.59. The van der Waals surface area contributed by atoms with Crippen molar-refractivity contribution in [3.05, 3.63) is 60.7 Å². The highest BCUT2D eigenvalue weighted by Gasteiger charge is 2.50. The smallest absolute Gasteiger partial charge is 0.311 e. The molecule has 2 aromatic rings. The Balaban J connectivity index is 2.12. The summed E-state index contributed by atoms with van der Waals surface area (Å²) in [5.74, 6) is -0.247. The maximum atomic E-state index is 11.9. The van der Waals surface area contributed by atoms with E-state index in [0.29, 0.717) is 19.4 Å². The first-order chi connectivity index (χ1) is 14.5. The molecule has 2 aromatic carbocycles. The van der Waals surface area contributed by atoms with Crippen LogP contribution in [0.15, 0.2) is 60.7 Å². The highest BCUT2D eigenvalue weighted by Crippen LogP contribution is 2.36. The first-order valence-corrected chi connectivity index (χ1v) is 13.0. The van der Waals surface area contributed by atoms with Gasteiger partial charge in [0, 0.05) is 13.0 Å². The SMILES string of the molecule is CC(C)(C)C(=O)OCCC(O)CCO[Si](c1ccccc1)(c1ccccc1)C(C)(C)C. The van der Waals surface area contributed by atoms with E-state index in [1.54, 1.807) is 0 Å². The average Bonchev–Trinajstić information content (AvgIpc) is 2.71. The van der Waals surface area contributed by atoms with Crippen LogP contribution in [0, 0.1) is 5.41 Å². The van der Waals surface area contributed by atoms with Crippen LogP contribution < -0.4 is 10.4 Å². The van der Waals surface area contributed by atoms with Crippen molar-refractivity contribution in [2.24, 2.45) is 5.41 Å². The van der Waals surface area contributed by atoms with E-state index in [-0.39, 0.29) is 17.6 Å². The molecular weight excluding hydrogens is 404 g/mol. The van der Waals surface area contributed by atoms with Gasteiger partial charge in [0.25, 0.3) is 8.32 Å². The third-order valence-electron chi connectivity index (χ3n) is 5.48. The number of ether oxygens (including phenoxy) is 1. The predicted molar refractivity (Wildman–Crippen MR) is 129 cm³/mol. The molecule has 2 rings (SSSR count). The monoisotopic (exact) mass is 442 g/mol. The van der Waals surface area contributed by atoms with Crippen molar-refractivity contribution in [2.45, 2.75) is 65.5 Å². The number of hydrogen-bond donors (Lipinski definition) is 1. The number of esters is 1. The average molecular weight is 443 g/mol. The minimum absolute atomic E-state index is 0.0943. The summed E-state index contributed by atoms with van der Waals surface area (Å²) in [5, 5.41) is 12.8. The van der Waals surface area contributed by atoms with E-state index >= 15 is 0 Å². The molecule has 1 atom stereocenters. The lowest BCUT2D eigenvalue weighted by atomic mass is 9.97. The van der Waals surface area contributed by atoms with Crippen molar-refractivity contribution in [3.63, 3.8) is 0 Å². The van der Waals surface area contributed by atoms with Gasteiger partial charge < -0.3 is 14.3 Å². The van der Waals surface area contributed by atoms with Crippen molar-refractivity contribution in [2.75, 3.05) is 13.2 Å². The second-order valence-corrected chi connectivity index (χ2v) is 14.4. The summed E-state index contributed by atoms with van der Waals surface area (Å²) in [4.78, 5) is 11.9. The fraction of sp³-hybridized carbons (Fsp3) is 0.500. The van der Waals surface area contributed by atoms with Gasteiger partial charge in [0.15, 0.2) is 0 Å². The summed E-state index contributed by atoms with van der Waals surface area (Å²) in [6, 6.07) is 20.9. The van der Waals surface area contributed by atoms with Gasteiger partial charge in [-0.3, -0.25) is 4.79 Å². The molecule has 0 aliphatic carbocycles. The first-order valence-electron chi connectivity index (χ1n) is 11.1. The number of carbonyl (C=O) groups is 1. The second kappa shape index (κ2) is 10.6. The number of carbonyl (C=O) groups excluding carboxylic acids is 1. The normalized spacial score (nSPS) is 13.6. The molecule has 0 aliphatic heterocycles. The summed E-state index contributed by atoms with van der Waals surface area (Å²) in [5.41, 5.74) is -0.530. The van der Waals surface area contributed by atoms with Crippen LogP contribution in [0.1, 0.15) is 54.4 Å². The van der Waals surface area contributed by atoms with E-state index < -0.39 is 19.8 Å². The number of aliphatic hydroxyl groups excluding tert-OH is 1. The van der Waals surface area contributed by atoms with Crippen LogP contribution in [0.25, 0.3) is 0 Å². The van der Waals surface area contributed by atoms with Gasteiger partial charge in [-0.25, -0.2) is 0 Å². The highest BCUT2D eigenvalue weighted by atomic mass is 28.4. The summed E-state index contributed by atoms with van der Waals surface area (Å²) in [7, 11) is -2.59. The molecular formula is C26H38O4Si. The standard InChI is InChI=1S/C26H38O4Si/c1-25(2,3)24(28)29-19-17-21(27)18-20-30-31(26(4,5)6,22-13-9-7-10-14-22)23-15-11-8-12-16-23/h7-16,21,27H,17-20H2,1-6H3. The Labute approximate surface area is 188 Å². The van der Waals surface area contributed by atoms with Crippen LogP contribution in [-0.4, -0.2) is 38.7 Å². The third-order valence-corrected chi connectivity index (χ3v) is 10.5. The molecule has 0 radical (unpaired) electrons. The van der Waals surface area contributed by atoms with Crippen LogP contribution in [0.2, 0.25) is 5.04 Å². The van der Waals surface area contributed by atoms with Crippen LogP contribution in [0.4, 0.5) is 0 Å². The zero-order valence-electron chi connectivity index (χ0n) is 19.9. The molecule has 0 fully saturated rings. The quantitative estimate of drug-likeness (QED) is 0.465. The lowest BCUT2D eigenvalue weighted by Gasteiger charge is -2.43. The summed E-state index contributed by atoms with van der Waals surface area (Å²) in [6.07, 6.45) is 0.328. The number of hydrogen-bond acceptors (Lipinski definition) is 4. The zero-order valence-corrected chi connectivity index (χ0v) is 20.9. The molecule has 1 N–H and O–H groups in total. The lowest BCUT2D eigenvalue weighted by Crippen LogP contribution is -2.66. The minimum Gasteiger partial charge on any atom is -0.465 e. The van der Waals surface area contributed by atoms with Crippen molar-refractivity contribution < 1.29 is 19.1 Å². The molecule has 4 nitrogen and oxygen atoms in total. The van der Waals surface area contributed by atoms with Crippen molar-refractivity contribution >= 4 is 24.7 Å². The van der Waals surface area contributed by atoms with Gasteiger partial charge in [-0.2, -0.15) is 0 Å². The van der Waals surface area contributed by atoms with E-state index in [1.165, 1.54) is 10.4 Å². The first kappa shape index (κ1) is 25.3. The number of rotatable bonds is 9. The molecule has 1 unspecified atom stereocenters. The lowest BCUT2D eigenvalue weighted by molar-refractivity contribution is -0.153. The van der Waals surface area contributed by atoms with E-state index in [4.69, 9.17) is 9.16 Å². The van der Waals surface area contributed by atoms with Crippen LogP contribution >= 0.6 is 0 Å². The van der Waals surface area contributed by atoms with Crippen molar-refractivity contribution in [3.8, 4) is 0 Å². The fourth-order valence-electron chi connectivity index (χ4n) is 3.76. The molecule has 0 saturated heterocycles. The Morgan fingerprint density at radius 1 is 0.839 bits per heavy atom. The molecule has 0 heterocycles. The highest BCUT2D eigenvalue weighted by molar-refractivity contribution is 6.99. The maximum Gasteiger partial charge on any atom is 0.311 e. The molecule has 5 heteroatoms. The van der Waals surface area contributed by atoms with E-state index in [0.717, 1.165) is 0 Å². The third kappa shape index (κ3) is 6.51. The van der Waals surface area contributed by atoms with Crippen molar-refractivity contribution in [1.29, 1.82) is 0 Å². The zero-order chi connectivity index (χ0) is 23.1. The van der Waals surface area contributed by atoms with Gasteiger partial charge in [0.1, 0.15) is 0 Å². The Bertz CT molecular complexity index is 767. The van der Waals surface area contributed by atoms with Gasteiger partial charge in [0.05, 0.1) is 18.1 Å². The Hall–Kier alpha value is -1.95. The van der Waals surface area contributed by atoms with Gasteiger partial charge in [-0.1, -0.05) is 81.4 Å². The molecule has 0 spiro atoms. The van der Waals surface area contributed by atoms with E-state index in [9.17, 15) is 9.90 Å². The van der Waals surface area contributed by atoms with Crippen LogP contribution in [-0.2, 0) is 14.0 Å². The molecule has 31 heavy (non-hydrogen) atoms. The van der Waals surface area contributed by atoms with Gasteiger partial charge >= 0.3 is 5.97 Å². The molecule has 0 amide bonds. The van der Waals surface area contributed by atoms with E-state index in [2.05, 4.69) is 69.3 Å². The predicted octanol–water partition coefficient (Wildman–Crippen LogP) is 4.29. The second-order valence-electron chi connectivity index (χ2n) is 10.1. The summed E-state index contributed by atoms with van der Waals surface area (Å²) >= 11 is 0. The van der Waals surface area contributed by atoms with Crippen LogP contribution in [0.5, 0.6) is 0 Å². The van der Waals surface area contributed by atoms with Gasteiger partial charge in [-0.05, 0) is 42.6 Å². The fourth-order valence-corrected chi connectivity index (χ4v) is 8.34. The molecule has 0 aromatic heterocycles. The largest absolute Gasteiger partial charge is 0.465 e. The molecule has 0 aliphatic rings. The topological polar surface area (TPSA) is 55.8 Å². The summed E-state index contributed by atoms with van der Waals surface area (Å²) < 4.78 is 12.1. The van der Waals surface area contributed by atoms with Gasteiger partial charge in [-0.15, -0.1) is 0 Å². The molecule has 170 valence electrons. The van der Waals surface area contributed by atoms with E-state index in [1.807, 2.05) is 32.9 Å². The Morgan fingerprint density at radius 2 is 1.29 bits per heavy atom. The Morgan fingerprint density at radius 3 is 1.71 bits per heavy atom. The Kier molecular flexibility index (Phi) is 8.63. The molecule has 0 bridgehead atoms. The van der Waals surface area contributed by atoms with Crippen molar-refractivity contribution in [1.82, 2.24) is 0 Å². The van der Waals surface area contributed by atoms with Crippen LogP contribution in [0.3, 0.4) is 0 Å². The maximum absolute atomic E-state index is 11.9. The molecule has 0 saturated carbocycles.